The third kappa shape index (κ3) is 5.16. The number of aromatic hydroxyl groups is 1. The standard InChI is InChI=1S/C23H32N6O/c1-22(2)14-17(15-23(3,4)28-22)29(5)21-10-9-19(26-27-21)18-8-7-16(13-20(18)30)25-12-6-11-24/h6-13,17,24-25,28,30H,14-15H2,1-5H3/b12-6-,24-11?. The molecule has 1 saturated heterocycles. The number of benzene rings is 1. The molecule has 1 fully saturated rings. The fraction of sp³-hybridized carbons (Fsp3) is 0.435. The lowest BCUT2D eigenvalue weighted by Gasteiger charge is -2.49. The Morgan fingerprint density at radius 2 is 1.83 bits per heavy atom. The maximum atomic E-state index is 10.4. The van der Waals surface area contributed by atoms with Gasteiger partial charge in [-0.25, -0.2) is 0 Å². The van der Waals surface area contributed by atoms with Crippen LogP contribution in [0.25, 0.3) is 11.3 Å². The number of aromatic nitrogens is 2. The van der Waals surface area contributed by atoms with Crippen LogP contribution in [0.5, 0.6) is 5.75 Å². The first-order chi connectivity index (χ1) is 14.1. The van der Waals surface area contributed by atoms with Gasteiger partial charge in [0.1, 0.15) is 5.75 Å². The number of allylic oxidation sites excluding steroid dienone is 1. The Labute approximate surface area is 178 Å². The number of piperidine rings is 1. The van der Waals surface area contributed by atoms with Gasteiger partial charge in [0, 0.05) is 53.9 Å². The molecule has 0 radical (unpaired) electrons. The van der Waals surface area contributed by atoms with E-state index in [9.17, 15) is 5.11 Å². The van der Waals surface area contributed by atoms with Gasteiger partial charge in [-0.2, -0.15) is 0 Å². The Kier molecular flexibility index (Phi) is 6.12. The molecule has 0 aliphatic carbocycles. The van der Waals surface area contributed by atoms with Crippen LogP contribution in [0.2, 0.25) is 0 Å². The summed E-state index contributed by atoms with van der Waals surface area (Å²) in [4.78, 5) is 2.21. The lowest BCUT2D eigenvalue weighted by Crippen LogP contribution is -2.62. The maximum absolute atomic E-state index is 10.4. The zero-order valence-electron chi connectivity index (χ0n) is 18.4. The van der Waals surface area contributed by atoms with Crippen LogP contribution >= 0.6 is 0 Å². The van der Waals surface area contributed by atoms with Gasteiger partial charge < -0.3 is 26.0 Å². The molecule has 160 valence electrons. The van der Waals surface area contributed by atoms with Gasteiger partial charge in [-0.1, -0.05) is 0 Å². The molecule has 3 rings (SSSR count). The molecule has 30 heavy (non-hydrogen) atoms. The highest BCUT2D eigenvalue weighted by Gasteiger charge is 2.39. The van der Waals surface area contributed by atoms with Crippen LogP contribution in [0.3, 0.4) is 0 Å². The van der Waals surface area contributed by atoms with E-state index in [1.54, 1.807) is 24.4 Å². The lowest BCUT2D eigenvalue weighted by atomic mass is 9.79. The first-order valence-corrected chi connectivity index (χ1v) is 10.2. The van der Waals surface area contributed by atoms with Gasteiger partial charge in [-0.05, 0) is 70.9 Å². The van der Waals surface area contributed by atoms with Crippen LogP contribution in [0.4, 0.5) is 11.5 Å². The van der Waals surface area contributed by atoms with Gasteiger partial charge in [0.25, 0.3) is 0 Å². The van der Waals surface area contributed by atoms with Crippen LogP contribution in [-0.4, -0.2) is 45.7 Å². The summed E-state index contributed by atoms with van der Waals surface area (Å²) in [6.07, 6.45) is 6.43. The van der Waals surface area contributed by atoms with E-state index in [1.807, 2.05) is 18.2 Å². The summed E-state index contributed by atoms with van der Waals surface area (Å²) in [5.74, 6) is 0.951. The summed E-state index contributed by atoms with van der Waals surface area (Å²) in [5.41, 5.74) is 2.10. The molecule has 0 bridgehead atoms. The highest BCUT2D eigenvalue weighted by atomic mass is 16.3. The van der Waals surface area contributed by atoms with E-state index in [0.717, 1.165) is 24.3 Å². The number of hydrogen-bond acceptors (Lipinski definition) is 7. The molecule has 0 spiro atoms. The van der Waals surface area contributed by atoms with Crippen molar-refractivity contribution in [2.24, 2.45) is 0 Å². The van der Waals surface area contributed by atoms with Crippen LogP contribution in [0.1, 0.15) is 40.5 Å². The van der Waals surface area contributed by atoms with E-state index in [0.29, 0.717) is 17.3 Å². The number of rotatable bonds is 6. The average molecular weight is 409 g/mol. The highest BCUT2D eigenvalue weighted by molar-refractivity contribution is 5.72. The van der Waals surface area contributed by atoms with Gasteiger partial charge >= 0.3 is 0 Å². The van der Waals surface area contributed by atoms with E-state index in [2.05, 4.69) is 60.5 Å². The molecule has 0 amide bonds. The van der Waals surface area contributed by atoms with E-state index >= 15 is 0 Å². The predicted molar refractivity (Wildman–Crippen MR) is 123 cm³/mol. The van der Waals surface area contributed by atoms with Crippen LogP contribution < -0.4 is 15.5 Å². The summed E-state index contributed by atoms with van der Waals surface area (Å²) in [6.45, 7) is 8.97. The number of anilines is 2. The molecule has 7 heteroatoms. The number of nitrogens with zero attached hydrogens (tertiary/aromatic N) is 3. The molecule has 1 aliphatic heterocycles. The Balaban J connectivity index is 1.76. The second-order valence-corrected chi connectivity index (χ2v) is 9.24. The fourth-order valence-electron chi connectivity index (χ4n) is 4.42. The zero-order chi connectivity index (χ0) is 21.9. The third-order valence-electron chi connectivity index (χ3n) is 5.44. The Morgan fingerprint density at radius 3 is 2.40 bits per heavy atom. The smallest absolute Gasteiger partial charge is 0.151 e. The van der Waals surface area contributed by atoms with Gasteiger partial charge in [0.15, 0.2) is 5.82 Å². The topological polar surface area (TPSA) is 97.2 Å². The SMILES string of the molecule is CN(c1ccc(-c2ccc(N/C=C\C=N)cc2O)nn1)C1CC(C)(C)NC(C)(C)C1. The minimum absolute atomic E-state index is 0.0590. The van der Waals surface area contributed by atoms with E-state index in [1.165, 1.54) is 6.21 Å². The average Bonchev–Trinajstić information content (AvgIpc) is 2.65. The van der Waals surface area contributed by atoms with Crippen LogP contribution in [-0.2, 0) is 0 Å². The minimum atomic E-state index is 0.0590. The summed E-state index contributed by atoms with van der Waals surface area (Å²) in [7, 11) is 2.07. The molecule has 4 N–H and O–H groups in total. The molecule has 1 aromatic carbocycles. The van der Waals surface area contributed by atoms with Crippen molar-refractivity contribution in [2.45, 2.75) is 57.7 Å². The number of phenolic OH excluding ortho intramolecular Hbond substituents is 1. The van der Waals surface area contributed by atoms with Crippen molar-refractivity contribution in [3.63, 3.8) is 0 Å². The maximum Gasteiger partial charge on any atom is 0.151 e. The van der Waals surface area contributed by atoms with Crippen LogP contribution in [0, 0.1) is 5.41 Å². The normalized spacial score (nSPS) is 18.3. The minimum Gasteiger partial charge on any atom is -0.507 e. The number of hydrogen-bond donors (Lipinski definition) is 4. The van der Waals surface area contributed by atoms with Crippen molar-refractivity contribution < 1.29 is 5.11 Å². The van der Waals surface area contributed by atoms with Crippen molar-refractivity contribution in [2.75, 3.05) is 17.3 Å². The third-order valence-corrected chi connectivity index (χ3v) is 5.44. The summed E-state index contributed by atoms with van der Waals surface area (Å²) < 4.78 is 0. The van der Waals surface area contributed by atoms with Gasteiger partial charge in [0.2, 0.25) is 0 Å². The number of nitrogens with one attached hydrogen (secondary N) is 3. The van der Waals surface area contributed by atoms with Crippen LogP contribution in [0.15, 0.2) is 42.6 Å². The van der Waals surface area contributed by atoms with E-state index in [4.69, 9.17) is 5.41 Å². The van der Waals surface area contributed by atoms with Gasteiger partial charge in [-0.15, -0.1) is 10.2 Å². The molecule has 7 nitrogen and oxygen atoms in total. The van der Waals surface area contributed by atoms with Crippen molar-refractivity contribution in [1.82, 2.24) is 15.5 Å². The molecular formula is C23H32N6O. The molecule has 2 heterocycles. The molecule has 1 aromatic heterocycles. The van der Waals surface area contributed by atoms with Crippen molar-refractivity contribution in [1.29, 1.82) is 5.41 Å². The lowest BCUT2D eigenvalue weighted by molar-refractivity contribution is 0.160. The largest absolute Gasteiger partial charge is 0.507 e. The highest BCUT2D eigenvalue weighted by Crippen LogP contribution is 2.34. The van der Waals surface area contributed by atoms with Gasteiger partial charge in [0.05, 0.1) is 5.69 Å². The van der Waals surface area contributed by atoms with Gasteiger partial charge in [-0.3, -0.25) is 0 Å². The summed E-state index contributed by atoms with van der Waals surface area (Å²) in [5, 5.41) is 32.9. The molecule has 0 saturated carbocycles. The molecule has 2 aromatic rings. The summed E-state index contributed by atoms with van der Waals surface area (Å²) >= 11 is 0. The van der Waals surface area contributed by atoms with E-state index in [-0.39, 0.29) is 16.8 Å². The second-order valence-electron chi connectivity index (χ2n) is 9.24. The second kappa shape index (κ2) is 8.44. The summed E-state index contributed by atoms with van der Waals surface area (Å²) in [6, 6.07) is 9.51. The van der Waals surface area contributed by atoms with Crippen molar-refractivity contribution in [3.05, 3.63) is 42.6 Å². The Hall–Kier alpha value is -2.93. The molecule has 0 unspecified atom stereocenters. The van der Waals surface area contributed by atoms with Crippen molar-refractivity contribution >= 4 is 17.7 Å². The van der Waals surface area contributed by atoms with E-state index < -0.39 is 0 Å². The Bertz CT molecular complexity index is 904. The zero-order valence-corrected chi connectivity index (χ0v) is 18.4. The number of phenols is 1. The first-order valence-electron chi connectivity index (χ1n) is 10.2. The quantitative estimate of drug-likeness (QED) is 0.536. The molecule has 0 atom stereocenters. The molecular weight excluding hydrogens is 376 g/mol. The Morgan fingerprint density at radius 1 is 1.13 bits per heavy atom. The fourth-order valence-corrected chi connectivity index (χ4v) is 4.42. The predicted octanol–water partition coefficient (Wildman–Crippen LogP) is 4.17. The molecule has 1 aliphatic rings. The monoisotopic (exact) mass is 408 g/mol. The first kappa shape index (κ1) is 21.8. The van der Waals surface area contributed by atoms with Crippen molar-refractivity contribution in [3.8, 4) is 17.0 Å².